The number of nitrogen functional groups attached to an aromatic ring is 2. The van der Waals surface area contributed by atoms with Crippen LogP contribution in [0.2, 0.25) is 0 Å². The van der Waals surface area contributed by atoms with E-state index in [4.69, 9.17) is 29.3 Å². The topological polar surface area (TPSA) is 259 Å². The largest absolute Gasteiger partial charge is 0.467 e. The third-order valence-electron chi connectivity index (χ3n) is 5.59. The standard InChI is InChI=1S/C24H26N10O8S2.C2H6/c1-39-23-31-19(25)29-21(33-23)27-15-9-7-13(17(11-15)43(35,36)41-3)5-6-14-8-10-16(12-18(14)44(37,38)42-4)28-22-30-20(26)32-24(34-22)40-2;1-2/h5-12H,1-4H3,(H3,25,27,29,31,33)(H3,26,28,30,32,34);1-2H3/b6-5+;. The summed E-state index contributed by atoms with van der Waals surface area (Å²) in [6.45, 7) is 4.00. The lowest BCUT2D eigenvalue weighted by molar-refractivity contribution is 0.379. The van der Waals surface area contributed by atoms with Crippen LogP contribution in [-0.4, -0.2) is 75.2 Å². The van der Waals surface area contributed by atoms with E-state index >= 15 is 0 Å². The maximum atomic E-state index is 12.8. The zero-order chi connectivity index (χ0) is 34.1. The molecule has 0 aliphatic rings. The zero-order valence-electron chi connectivity index (χ0n) is 25.5. The van der Waals surface area contributed by atoms with Crippen molar-refractivity contribution in [2.75, 3.05) is 50.5 Å². The number of rotatable bonds is 12. The zero-order valence-corrected chi connectivity index (χ0v) is 27.2. The van der Waals surface area contributed by atoms with Gasteiger partial charge in [0.1, 0.15) is 9.79 Å². The minimum Gasteiger partial charge on any atom is -0.467 e. The molecule has 0 atom stereocenters. The summed E-state index contributed by atoms with van der Waals surface area (Å²) in [5.74, 6) is -0.243. The lowest BCUT2D eigenvalue weighted by Crippen LogP contribution is -2.08. The highest BCUT2D eigenvalue weighted by molar-refractivity contribution is 7.87. The van der Waals surface area contributed by atoms with E-state index in [1.54, 1.807) is 0 Å². The SMILES string of the molecule is CC.COc1nc(N)nc(Nc2ccc(/C=C/c3ccc(Nc4nc(N)nc(OC)n4)cc3S(=O)(=O)OC)c(S(=O)(=O)OC)c2)n1. The van der Waals surface area contributed by atoms with E-state index in [0.717, 1.165) is 14.2 Å². The molecule has 0 fully saturated rings. The predicted molar refractivity (Wildman–Crippen MR) is 170 cm³/mol. The van der Waals surface area contributed by atoms with Gasteiger partial charge in [-0.25, -0.2) is 0 Å². The molecule has 18 nitrogen and oxygen atoms in total. The molecule has 2 aromatic heterocycles. The number of methoxy groups -OCH3 is 2. The first kappa shape index (κ1) is 35.3. The Morgan fingerprint density at radius 3 is 1.30 bits per heavy atom. The smallest absolute Gasteiger partial charge is 0.322 e. The van der Waals surface area contributed by atoms with Gasteiger partial charge in [0.2, 0.25) is 23.8 Å². The summed E-state index contributed by atoms with van der Waals surface area (Å²) in [5.41, 5.74) is 12.2. The lowest BCUT2D eigenvalue weighted by Gasteiger charge is -2.12. The van der Waals surface area contributed by atoms with E-state index in [1.165, 1.54) is 62.8 Å². The number of nitrogens with two attached hydrogens (primary N) is 2. The quantitative estimate of drug-likeness (QED) is 0.124. The molecule has 0 saturated heterocycles. The first-order valence-corrected chi connectivity index (χ1v) is 15.9. The Hall–Kier alpha value is -5.18. The van der Waals surface area contributed by atoms with Crippen molar-refractivity contribution in [2.45, 2.75) is 23.6 Å². The number of hydrogen-bond donors (Lipinski definition) is 4. The first-order chi connectivity index (χ1) is 21.9. The summed E-state index contributed by atoms with van der Waals surface area (Å²) in [5, 5.41) is 5.66. The number of hydrogen-bond acceptors (Lipinski definition) is 18. The van der Waals surface area contributed by atoms with Gasteiger partial charge >= 0.3 is 12.0 Å². The molecule has 0 aliphatic carbocycles. The van der Waals surface area contributed by atoms with Crippen molar-refractivity contribution in [1.29, 1.82) is 0 Å². The van der Waals surface area contributed by atoms with Crippen LogP contribution in [0.5, 0.6) is 12.0 Å². The molecule has 0 aliphatic heterocycles. The van der Waals surface area contributed by atoms with E-state index in [1.807, 2.05) is 13.8 Å². The maximum absolute atomic E-state index is 12.8. The van der Waals surface area contributed by atoms with Crippen LogP contribution in [0.1, 0.15) is 25.0 Å². The molecule has 0 bridgehead atoms. The van der Waals surface area contributed by atoms with E-state index in [-0.39, 0.29) is 68.1 Å². The van der Waals surface area contributed by atoms with Gasteiger partial charge in [0.05, 0.1) is 28.4 Å². The molecule has 4 rings (SSSR count). The average Bonchev–Trinajstić information content (AvgIpc) is 3.04. The van der Waals surface area contributed by atoms with Gasteiger partial charge in [-0.05, 0) is 35.4 Å². The highest BCUT2D eigenvalue weighted by Crippen LogP contribution is 2.29. The monoisotopic (exact) mass is 676 g/mol. The van der Waals surface area contributed by atoms with Crippen LogP contribution in [0.15, 0.2) is 46.2 Å². The van der Waals surface area contributed by atoms with Crippen LogP contribution < -0.4 is 31.6 Å². The minimum absolute atomic E-state index is 0.000170. The Morgan fingerprint density at radius 1 is 0.609 bits per heavy atom. The summed E-state index contributed by atoms with van der Waals surface area (Å²) < 4.78 is 70.7. The molecular formula is C26H32N10O8S2. The summed E-state index contributed by atoms with van der Waals surface area (Å²) in [4.78, 5) is 23.0. The van der Waals surface area contributed by atoms with Gasteiger partial charge in [-0.15, -0.1) is 0 Å². The maximum Gasteiger partial charge on any atom is 0.322 e. The van der Waals surface area contributed by atoms with Crippen LogP contribution in [-0.2, 0) is 28.6 Å². The second-order valence-corrected chi connectivity index (χ2v) is 11.7. The molecule has 0 amide bonds. The van der Waals surface area contributed by atoms with Crippen LogP contribution in [0.3, 0.4) is 0 Å². The third-order valence-corrected chi connectivity index (χ3v) is 8.25. The molecule has 46 heavy (non-hydrogen) atoms. The summed E-state index contributed by atoms with van der Waals surface area (Å²) >= 11 is 0. The summed E-state index contributed by atoms with van der Waals surface area (Å²) in [7, 11) is -3.79. The first-order valence-electron chi connectivity index (χ1n) is 13.1. The third kappa shape index (κ3) is 8.72. The lowest BCUT2D eigenvalue weighted by atomic mass is 10.1. The van der Waals surface area contributed by atoms with E-state index in [0.29, 0.717) is 0 Å². The fourth-order valence-electron chi connectivity index (χ4n) is 3.59. The van der Waals surface area contributed by atoms with Gasteiger partial charge in [0, 0.05) is 11.4 Å². The van der Waals surface area contributed by atoms with Gasteiger partial charge in [0.25, 0.3) is 20.2 Å². The van der Waals surface area contributed by atoms with Gasteiger partial charge in [-0.3, -0.25) is 8.37 Å². The Morgan fingerprint density at radius 2 is 0.978 bits per heavy atom. The number of anilines is 6. The molecule has 0 spiro atoms. The van der Waals surface area contributed by atoms with Gasteiger partial charge in [-0.1, -0.05) is 38.1 Å². The van der Waals surface area contributed by atoms with Crippen molar-refractivity contribution >= 4 is 67.6 Å². The van der Waals surface area contributed by atoms with Gasteiger partial charge in [-0.2, -0.15) is 46.7 Å². The molecule has 4 aromatic rings. The summed E-state index contributed by atoms with van der Waals surface area (Å²) in [6.07, 6.45) is 2.79. The predicted octanol–water partition coefficient (Wildman–Crippen LogP) is 2.59. The van der Waals surface area contributed by atoms with E-state index in [2.05, 4.69) is 40.5 Å². The van der Waals surface area contributed by atoms with Crippen molar-refractivity contribution in [3.05, 3.63) is 47.5 Å². The summed E-state index contributed by atoms with van der Waals surface area (Å²) in [6, 6.07) is 8.45. The van der Waals surface area contributed by atoms with Crippen LogP contribution in [0, 0.1) is 0 Å². The van der Waals surface area contributed by atoms with Crippen molar-refractivity contribution in [1.82, 2.24) is 29.9 Å². The molecule has 0 saturated carbocycles. The van der Waals surface area contributed by atoms with Crippen molar-refractivity contribution in [2.24, 2.45) is 0 Å². The minimum atomic E-state index is -4.25. The van der Waals surface area contributed by atoms with Crippen LogP contribution in [0.25, 0.3) is 12.2 Å². The van der Waals surface area contributed by atoms with Crippen molar-refractivity contribution in [3.8, 4) is 12.0 Å². The molecule has 246 valence electrons. The Bertz CT molecular complexity index is 1800. The van der Waals surface area contributed by atoms with E-state index in [9.17, 15) is 16.8 Å². The van der Waals surface area contributed by atoms with Gasteiger partial charge < -0.3 is 31.6 Å². The Labute approximate surface area is 265 Å². The normalized spacial score (nSPS) is 11.4. The molecule has 20 heteroatoms. The molecule has 0 radical (unpaired) electrons. The van der Waals surface area contributed by atoms with E-state index < -0.39 is 20.2 Å². The molecule has 2 aromatic carbocycles. The molecule has 6 N–H and O–H groups in total. The van der Waals surface area contributed by atoms with Crippen LogP contribution >= 0.6 is 0 Å². The average molecular weight is 677 g/mol. The molecule has 2 heterocycles. The van der Waals surface area contributed by atoms with Crippen LogP contribution in [0.4, 0.5) is 35.2 Å². The number of aromatic nitrogens is 6. The second kappa shape index (κ2) is 15.2. The number of nitrogens with one attached hydrogen (secondary N) is 2. The molecular weight excluding hydrogens is 644 g/mol. The van der Waals surface area contributed by atoms with Crippen molar-refractivity contribution in [3.63, 3.8) is 0 Å². The number of nitrogens with zero attached hydrogens (tertiary/aromatic N) is 6. The second-order valence-electron chi connectivity index (χ2n) is 8.34. The number of benzene rings is 2. The highest BCUT2D eigenvalue weighted by Gasteiger charge is 2.21. The van der Waals surface area contributed by atoms with Crippen molar-refractivity contribution < 1.29 is 34.7 Å². The molecule has 0 unspecified atom stereocenters. The Balaban J connectivity index is 0.00000282. The Kier molecular flexibility index (Phi) is 11.7. The van der Waals surface area contributed by atoms with Gasteiger partial charge in [0.15, 0.2) is 0 Å². The highest BCUT2D eigenvalue weighted by atomic mass is 32.2. The fourth-order valence-corrected chi connectivity index (χ4v) is 5.34. The fraction of sp³-hybridized carbons (Fsp3) is 0.231. The number of ether oxygens (including phenoxy) is 2.